The van der Waals surface area contributed by atoms with Gasteiger partial charge in [0.15, 0.2) is 0 Å². The average molecular weight is 336 g/mol. The first-order chi connectivity index (χ1) is 2.41. The fourth-order valence-electron chi connectivity index (χ4n) is 0. The maximum atomic E-state index is 8.50. The first-order valence-electron chi connectivity index (χ1n) is 0.575. The van der Waals surface area contributed by atoms with Gasteiger partial charge < -0.3 is 23.3 Å². The summed E-state index contributed by atoms with van der Waals surface area (Å²) in [6.07, 6.45) is 0. The molecule has 0 bridgehead atoms. The van der Waals surface area contributed by atoms with E-state index in [0.29, 0.717) is 0 Å². The Kier molecular flexibility index (Phi) is 130. The molecular formula is Mo2O2S2Ti-2. The van der Waals surface area contributed by atoms with Crippen LogP contribution in [0.3, 0.4) is 0 Å². The van der Waals surface area contributed by atoms with Gasteiger partial charge in [-0.1, -0.05) is 0 Å². The van der Waals surface area contributed by atoms with Crippen molar-refractivity contribution in [2.24, 2.45) is 0 Å². The van der Waals surface area contributed by atoms with Gasteiger partial charge in [0.2, 0.25) is 0 Å². The van der Waals surface area contributed by atoms with Crippen LogP contribution in [0.5, 0.6) is 0 Å². The largest absolute Gasteiger partial charge is 1.00 e. The average Bonchev–Trinajstić information content (AvgIpc) is 1.46. The van der Waals surface area contributed by atoms with Crippen LogP contribution in [-0.4, -0.2) is 0 Å². The van der Waals surface area contributed by atoms with Crippen molar-refractivity contribution in [3.05, 3.63) is 0 Å². The Hall–Kier alpha value is 2.39. The second-order valence-electron chi connectivity index (χ2n) is 0.0833. The summed E-state index contributed by atoms with van der Waals surface area (Å²) < 4.78 is 17.0. The van der Waals surface area contributed by atoms with E-state index < -0.39 is 19.1 Å². The second kappa shape index (κ2) is 39.9. The molecule has 0 saturated carbocycles. The topological polar surface area (TPSA) is 34.1 Å². The van der Waals surface area contributed by atoms with Crippen molar-refractivity contribution in [2.45, 2.75) is 0 Å². The van der Waals surface area contributed by atoms with Crippen molar-refractivity contribution in [3.63, 3.8) is 0 Å². The Morgan fingerprint density at radius 2 is 1.00 bits per heavy atom. The van der Waals surface area contributed by atoms with Gasteiger partial charge in [-0.15, -0.1) is 0 Å². The maximum absolute atomic E-state index is 8.50. The quantitative estimate of drug-likeness (QED) is 0.347. The zero-order valence-electron chi connectivity index (χ0n) is 2.95. The Balaban J connectivity index is -0.0000000105. The van der Waals surface area contributed by atoms with Gasteiger partial charge >= 0.3 is 25.7 Å². The number of hydrogen-bond acceptors (Lipinski definition) is 4. The van der Waals surface area contributed by atoms with Gasteiger partial charge in [-0.2, -0.15) is 0 Å². The summed E-state index contributed by atoms with van der Waals surface area (Å²) in [4.78, 5) is 0. The van der Waals surface area contributed by atoms with Crippen LogP contribution in [0.2, 0.25) is 0 Å². The fourth-order valence-corrected chi connectivity index (χ4v) is 0. The van der Waals surface area contributed by atoms with Gasteiger partial charge in [0, 0.05) is 42.1 Å². The van der Waals surface area contributed by atoms with Crippen LogP contribution in [0.1, 0.15) is 0 Å². The van der Waals surface area contributed by atoms with E-state index in [1.165, 1.54) is 0 Å². The van der Waals surface area contributed by atoms with E-state index in [4.69, 9.17) is 6.65 Å². The SMILES string of the molecule is [Mo].[Mo].[O]=[Ti]=[O].[S-][S-]. The minimum atomic E-state index is -2.00. The van der Waals surface area contributed by atoms with Crippen molar-refractivity contribution in [1.82, 2.24) is 0 Å². The molecule has 0 unspecified atom stereocenters. The molecule has 2 nitrogen and oxygen atoms in total. The van der Waals surface area contributed by atoms with Crippen LogP contribution in [0.25, 0.3) is 0 Å². The molecule has 0 amide bonds. The van der Waals surface area contributed by atoms with E-state index in [2.05, 4.69) is 23.3 Å². The second-order valence-corrected chi connectivity index (χ2v) is 0.344. The molecule has 0 aromatic carbocycles. The van der Waals surface area contributed by atoms with E-state index in [-0.39, 0.29) is 42.1 Å². The molecule has 0 radical (unpaired) electrons. The molecule has 42 valence electrons. The summed E-state index contributed by atoms with van der Waals surface area (Å²) in [6, 6.07) is 0. The van der Waals surface area contributed by atoms with Crippen LogP contribution in [0.15, 0.2) is 0 Å². The number of rotatable bonds is 0. The summed E-state index contributed by atoms with van der Waals surface area (Å²) >= 11 is 5.33. The molecular weight excluding hydrogens is 336 g/mol. The van der Waals surface area contributed by atoms with Gasteiger partial charge in [0.1, 0.15) is 0 Å². The zero-order valence-corrected chi connectivity index (χ0v) is 10.2. The van der Waals surface area contributed by atoms with Gasteiger partial charge in [0.25, 0.3) is 0 Å². The third kappa shape index (κ3) is 60.0. The van der Waals surface area contributed by atoms with E-state index in [1.807, 2.05) is 0 Å². The predicted octanol–water partition coefficient (Wildman–Crippen LogP) is -0.250. The Morgan fingerprint density at radius 3 is 1.00 bits per heavy atom. The predicted molar refractivity (Wildman–Crippen MR) is 16.1 cm³/mol. The molecule has 0 fully saturated rings. The van der Waals surface area contributed by atoms with Crippen molar-refractivity contribution in [1.29, 1.82) is 0 Å². The van der Waals surface area contributed by atoms with E-state index in [0.717, 1.165) is 0 Å². The van der Waals surface area contributed by atoms with E-state index >= 15 is 0 Å². The van der Waals surface area contributed by atoms with E-state index in [9.17, 15) is 0 Å². The summed E-state index contributed by atoms with van der Waals surface area (Å²) in [6.45, 7) is 0. The van der Waals surface area contributed by atoms with Crippen LogP contribution in [0, 0.1) is 0 Å². The van der Waals surface area contributed by atoms with Gasteiger partial charge in [-0.3, -0.25) is 0 Å². The molecule has 0 rings (SSSR count). The Morgan fingerprint density at radius 1 is 1.00 bits per heavy atom. The molecule has 0 aliphatic heterocycles. The molecule has 0 saturated heterocycles. The first-order valence-corrected chi connectivity index (χ1v) is 3.18. The number of hydrogen-bond donors (Lipinski definition) is 0. The van der Waals surface area contributed by atoms with Crippen LogP contribution >= 0.6 is 0 Å². The minimum absolute atomic E-state index is 0. The van der Waals surface area contributed by atoms with Crippen LogP contribution < -0.4 is 0 Å². The third-order valence-corrected chi connectivity index (χ3v) is 0. The molecule has 0 spiro atoms. The van der Waals surface area contributed by atoms with Crippen molar-refractivity contribution < 1.29 is 67.9 Å². The third-order valence-electron chi connectivity index (χ3n) is 0. The Labute approximate surface area is 89.9 Å². The summed E-state index contributed by atoms with van der Waals surface area (Å²) in [7, 11) is 0. The molecule has 7 heavy (non-hydrogen) atoms. The maximum Gasteiger partial charge on any atom is -1.00 e. The molecule has 0 N–H and O–H groups in total. The summed E-state index contributed by atoms with van der Waals surface area (Å²) in [5.41, 5.74) is 0. The minimum Gasteiger partial charge on any atom is -1.00 e. The van der Waals surface area contributed by atoms with Gasteiger partial charge in [-0.25, -0.2) is 0 Å². The molecule has 0 heterocycles. The molecule has 0 aliphatic carbocycles. The first kappa shape index (κ1) is 22.8. The smallest absolute Gasteiger partial charge is 1.00 e. The summed E-state index contributed by atoms with van der Waals surface area (Å²) in [5.74, 6) is 0. The molecule has 0 aliphatic rings. The Bertz CT molecular complexity index is 34.7. The van der Waals surface area contributed by atoms with Crippen molar-refractivity contribution >= 4 is 23.3 Å². The van der Waals surface area contributed by atoms with Gasteiger partial charge in [0.05, 0.1) is 0 Å². The summed E-state index contributed by atoms with van der Waals surface area (Å²) in [5, 5.41) is 0. The van der Waals surface area contributed by atoms with Crippen LogP contribution in [0.4, 0.5) is 0 Å². The van der Waals surface area contributed by atoms with E-state index in [1.54, 1.807) is 0 Å². The zero-order chi connectivity index (χ0) is 4.71. The standard InChI is InChI=1S/2Mo.2O.S2.Ti/c;;;;1-2;/q;;;;-2;. The van der Waals surface area contributed by atoms with Crippen molar-refractivity contribution in [2.75, 3.05) is 0 Å². The molecule has 7 heteroatoms. The van der Waals surface area contributed by atoms with Crippen molar-refractivity contribution in [3.8, 4) is 0 Å². The molecule has 0 aromatic rings. The normalized spacial score (nSPS) is 2.00. The van der Waals surface area contributed by atoms with Crippen LogP contribution in [-0.2, 0) is 91.2 Å². The molecule has 0 aromatic heterocycles. The fraction of sp³-hybridized carbons (Fsp3) is 0. The van der Waals surface area contributed by atoms with Gasteiger partial charge in [-0.05, 0) is 0 Å². The molecule has 0 atom stereocenters. The monoisotopic (exact) mass is 340 g/mol.